The first-order valence-corrected chi connectivity index (χ1v) is 10.0. The Balaban J connectivity index is 1.99. The largest absolute Gasteiger partial charge is 0.504 e. The summed E-state index contributed by atoms with van der Waals surface area (Å²) in [6.45, 7) is 3.33. The van der Waals surface area contributed by atoms with Crippen molar-refractivity contribution in [1.29, 1.82) is 0 Å². The smallest absolute Gasteiger partial charge is 0.231 e. The van der Waals surface area contributed by atoms with Gasteiger partial charge in [-0.05, 0) is 61.8 Å². The van der Waals surface area contributed by atoms with Gasteiger partial charge in [0.15, 0.2) is 23.0 Å². The Labute approximate surface area is 181 Å². The lowest BCUT2D eigenvalue weighted by atomic mass is 9.94. The van der Waals surface area contributed by atoms with E-state index in [4.69, 9.17) is 14.2 Å². The second-order valence-corrected chi connectivity index (χ2v) is 7.83. The molecule has 0 atom stereocenters. The lowest BCUT2D eigenvalue weighted by Gasteiger charge is -2.25. The Kier molecular flexibility index (Phi) is 5.61. The number of benzene rings is 3. The summed E-state index contributed by atoms with van der Waals surface area (Å²) in [6, 6.07) is 11.3. The fourth-order valence-corrected chi connectivity index (χ4v) is 3.88. The summed E-state index contributed by atoms with van der Waals surface area (Å²) in [6.07, 6.45) is 0.860. The highest BCUT2D eigenvalue weighted by Gasteiger charge is 2.22. The third-order valence-corrected chi connectivity index (χ3v) is 5.50. The molecule has 1 aliphatic rings. The molecule has 0 aliphatic carbocycles. The van der Waals surface area contributed by atoms with E-state index in [0.717, 1.165) is 39.6 Å². The van der Waals surface area contributed by atoms with Crippen LogP contribution in [0.25, 0.3) is 21.9 Å². The van der Waals surface area contributed by atoms with Crippen molar-refractivity contribution in [3.05, 3.63) is 42.0 Å². The topological polar surface area (TPSA) is 71.5 Å². The van der Waals surface area contributed by atoms with E-state index in [1.807, 2.05) is 50.2 Å². The van der Waals surface area contributed by atoms with Crippen molar-refractivity contribution < 1.29 is 24.1 Å². The van der Waals surface area contributed by atoms with Gasteiger partial charge in [-0.3, -0.25) is 4.79 Å². The highest BCUT2D eigenvalue weighted by Crippen LogP contribution is 2.45. The minimum atomic E-state index is 0.0781. The van der Waals surface area contributed by atoms with Gasteiger partial charge in [0.05, 0.1) is 12.8 Å². The first kappa shape index (κ1) is 20.8. The number of aromatic hydroxyl groups is 1. The van der Waals surface area contributed by atoms with Crippen molar-refractivity contribution in [2.24, 2.45) is 0 Å². The minimum absolute atomic E-state index is 0.0781. The zero-order valence-electron chi connectivity index (χ0n) is 18.1. The molecule has 0 fully saturated rings. The second-order valence-electron chi connectivity index (χ2n) is 7.83. The molecule has 0 saturated heterocycles. The van der Waals surface area contributed by atoms with Crippen LogP contribution in [0.5, 0.6) is 23.0 Å². The van der Waals surface area contributed by atoms with E-state index in [0.29, 0.717) is 30.3 Å². The SMILES string of the molecule is COc1cc(-c2ccc3cc4c(cc3c2N(C=O)CCN(C)C)OCO4)c(C)cc1O. The third kappa shape index (κ3) is 3.84. The van der Waals surface area contributed by atoms with Gasteiger partial charge >= 0.3 is 0 Å². The van der Waals surface area contributed by atoms with Crippen LogP contribution in [0, 0.1) is 6.92 Å². The summed E-state index contributed by atoms with van der Waals surface area (Å²) in [5, 5.41) is 12.0. The van der Waals surface area contributed by atoms with Gasteiger partial charge in [0.25, 0.3) is 0 Å². The van der Waals surface area contributed by atoms with Gasteiger partial charge in [-0.15, -0.1) is 0 Å². The predicted octanol–water partition coefficient (Wildman–Crippen LogP) is 3.78. The van der Waals surface area contributed by atoms with Crippen molar-refractivity contribution in [2.75, 3.05) is 46.0 Å². The van der Waals surface area contributed by atoms with Crippen LogP contribution in [-0.4, -0.2) is 57.5 Å². The predicted molar refractivity (Wildman–Crippen MR) is 120 cm³/mol. The van der Waals surface area contributed by atoms with Gasteiger partial charge < -0.3 is 29.1 Å². The summed E-state index contributed by atoms with van der Waals surface area (Å²) < 4.78 is 16.5. The molecule has 0 saturated carbocycles. The quantitative estimate of drug-likeness (QED) is 0.585. The average molecular weight is 422 g/mol. The zero-order chi connectivity index (χ0) is 22.1. The number of hydrogen-bond donors (Lipinski definition) is 1. The van der Waals surface area contributed by atoms with Crippen LogP contribution >= 0.6 is 0 Å². The Morgan fingerprint density at radius 2 is 1.81 bits per heavy atom. The number of nitrogens with zero attached hydrogens (tertiary/aromatic N) is 2. The highest BCUT2D eigenvalue weighted by atomic mass is 16.7. The lowest BCUT2D eigenvalue weighted by Crippen LogP contribution is -2.31. The van der Waals surface area contributed by atoms with E-state index in [2.05, 4.69) is 0 Å². The number of aryl methyl sites for hydroxylation is 1. The fraction of sp³-hybridized carbons (Fsp3) is 0.292. The fourth-order valence-electron chi connectivity index (χ4n) is 3.88. The van der Waals surface area contributed by atoms with Crippen LogP contribution in [0.2, 0.25) is 0 Å². The molecule has 7 heteroatoms. The van der Waals surface area contributed by atoms with Gasteiger partial charge in [0.2, 0.25) is 13.2 Å². The van der Waals surface area contributed by atoms with Crippen LogP contribution in [0.15, 0.2) is 36.4 Å². The molecule has 1 amide bonds. The number of hydrogen-bond acceptors (Lipinski definition) is 6. The number of ether oxygens (including phenoxy) is 3. The highest BCUT2D eigenvalue weighted by molar-refractivity contribution is 6.07. The summed E-state index contributed by atoms with van der Waals surface area (Å²) in [7, 11) is 5.46. The number of fused-ring (bicyclic) bond motifs is 2. The molecular formula is C24H26N2O5. The van der Waals surface area contributed by atoms with E-state index >= 15 is 0 Å². The standard InChI is InChI=1S/C24H26N2O5/c1-15-9-20(28)21(29-4)11-18(15)17-6-5-16-10-22-23(31-14-30-22)12-19(16)24(17)26(13-27)8-7-25(2)3/h5-6,9-13,28H,7-8,14H2,1-4H3. The molecule has 3 aromatic rings. The number of carbonyl (C=O) groups excluding carboxylic acids is 1. The number of rotatable bonds is 7. The van der Waals surface area contributed by atoms with E-state index in [1.54, 1.807) is 17.0 Å². The number of amides is 1. The van der Waals surface area contributed by atoms with Gasteiger partial charge in [0.1, 0.15) is 0 Å². The van der Waals surface area contributed by atoms with Crippen LogP contribution in [0.3, 0.4) is 0 Å². The summed E-state index contributed by atoms with van der Waals surface area (Å²) >= 11 is 0. The minimum Gasteiger partial charge on any atom is -0.504 e. The molecule has 1 N–H and O–H groups in total. The van der Waals surface area contributed by atoms with E-state index in [1.165, 1.54) is 7.11 Å². The Morgan fingerprint density at radius 3 is 2.48 bits per heavy atom. The maximum atomic E-state index is 12.2. The number of methoxy groups -OCH3 is 1. The van der Waals surface area contributed by atoms with Gasteiger partial charge in [-0.1, -0.05) is 12.1 Å². The summed E-state index contributed by atoms with van der Waals surface area (Å²) in [5.74, 6) is 1.81. The maximum absolute atomic E-state index is 12.2. The molecule has 0 spiro atoms. The van der Waals surface area contributed by atoms with Gasteiger partial charge in [-0.25, -0.2) is 0 Å². The molecule has 0 unspecified atom stereocenters. The molecule has 1 heterocycles. The summed E-state index contributed by atoms with van der Waals surface area (Å²) in [5.41, 5.74) is 3.40. The monoisotopic (exact) mass is 422 g/mol. The molecule has 162 valence electrons. The number of carbonyl (C=O) groups is 1. The van der Waals surface area contributed by atoms with E-state index < -0.39 is 0 Å². The molecule has 0 aromatic heterocycles. The van der Waals surface area contributed by atoms with Gasteiger partial charge in [0, 0.05) is 24.0 Å². The zero-order valence-corrected chi connectivity index (χ0v) is 18.1. The molecule has 7 nitrogen and oxygen atoms in total. The average Bonchev–Trinajstić information content (AvgIpc) is 3.20. The van der Waals surface area contributed by atoms with E-state index in [-0.39, 0.29) is 12.5 Å². The van der Waals surface area contributed by atoms with Crippen LogP contribution in [0.1, 0.15) is 5.56 Å². The van der Waals surface area contributed by atoms with Gasteiger partial charge in [-0.2, -0.15) is 0 Å². The molecule has 0 radical (unpaired) electrons. The van der Waals surface area contributed by atoms with Crippen molar-refractivity contribution in [2.45, 2.75) is 6.92 Å². The normalized spacial score (nSPS) is 12.4. The van der Waals surface area contributed by atoms with Crippen LogP contribution in [-0.2, 0) is 4.79 Å². The number of phenols is 1. The molecule has 31 heavy (non-hydrogen) atoms. The van der Waals surface area contributed by atoms with Crippen molar-refractivity contribution in [1.82, 2.24) is 4.90 Å². The number of likely N-dealkylation sites (N-methyl/N-ethyl adjacent to an activating group) is 1. The Hall–Kier alpha value is -3.45. The van der Waals surface area contributed by atoms with Crippen LogP contribution < -0.4 is 19.1 Å². The Bertz CT molecular complexity index is 1140. The summed E-state index contributed by atoms with van der Waals surface area (Å²) in [4.78, 5) is 16.0. The third-order valence-electron chi connectivity index (χ3n) is 5.50. The van der Waals surface area contributed by atoms with Crippen LogP contribution in [0.4, 0.5) is 5.69 Å². The number of anilines is 1. The van der Waals surface area contributed by atoms with E-state index in [9.17, 15) is 9.90 Å². The lowest BCUT2D eigenvalue weighted by molar-refractivity contribution is -0.107. The Morgan fingerprint density at radius 1 is 1.06 bits per heavy atom. The van der Waals surface area contributed by atoms with Crippen molar-refractivity contribution in [3.8, 4) is 34.1 Å². The molecular weight excluding hydrogens is 396 g/mol. The molecule has 1 aliphatic heterocycles. The maximum Gasteiger partial charge on any atom is 0.231 e. The molecule has 0 bridgehead atoms. The van der Waals surface area contributed by atoms with Crippen molar-refractivity contribution in [3.63, 3.8) is 0 Å². The van der Waals surface area contributed by atoms with Crippen molar-refractivity contribution >= 4 is 22.9 Å². The number of phenolic OH excluding ortho intramolecular Hbond substituents is 1. The molecule has 4 rings (SSSR count). The first-order valence-electron chi connectivity index (χ1n) is 10.0. The first-order chi connectivity index (χ1) is 14.9. The molecule has 3 aromatic carbocycles. The second kappa shape index (κ2) is 8.35.